The van der Waals surface area contributed by atoms with Crippen molar-refractivity contribution in [2.45, 2.75) is 58.1 Å². The van der Waals surface area contributed by atoms with Gasteiger partial charge in [0.1, 0.15) is 5.69 Å². The Kier molecular flexibility index (Phi) is 6.48. The SMILES string of the molecule is CC(C)CCOC1CCN(C(=O)c2ccn(C3CCCNC3)n2)CC1. The molecule has 25 heavy (non-hydrogen) atoms. The third-order valence-corrected chi connectivity index (χ3v) is 5.25. The highest BCUT2D eigenvalue weighted by Crippen LogP contribution is 2.19. The first-order chi connectivity index (χ1) is 12.1. The number of amides is 1. The number of hydrogen-bond donors (Lipinski definition) is 1. The zero-order valence-electron chi connectivity index (χ0n) is 15.6. The van der Waals surface area contributed by atoms with E-state index in [0.717, 1.165) is 64.9 Å². The number of piperidine rings is 2. The number of nitrogens with zero attached hydrogens (tertiary/aromatic N) is 3. The summed E-state index contributed by atoms with van der Waals surface area (Å²) in [5.41, 5.74) is 0.574. The van der Waals surface area contributed by atoms with E-state index in [1.807, 2.05) is 21.8 Å². The molecule has 3 heterocycles. The van der Waals surface area contributed by atoms with Gasteiger partial charge in [-0.15, -0.1) is 0 Å². The number of ether oxygens (including phenoxy) is 1. The van der Waals surface area contributed by atoms with Crippen molar-refractivity contribution in [1.29, 1.82) is 0 Å². The number of likely N-dealkylation sites (tertiary alicyclic amines) is 1. The molecule has 0 aliphatic carbocycles. The molecule has 0 saturated carbocycles. The van der Waals surface area contributed by atoms with Crippen LogP contribution >= 0.6 is 0 Å². The Labute approximate surface area is 150 Å². The second-order valence-corrected chi connectivity index (χ2v) is 7.73. The summed E-state index contributed by atoms with van der Waals surface area (Å²) >= 11 is 0. The maximum absolute atomic E-state index is 12.7. The lowest BCUT2D eigenvalue weighted by Gasteiger charge is -2.31. The molecule has 1 atom stereocenters. The lowest BCUT2D eigenvalue weighted by atomic mass is 10.1. The molecule has 1 unspecified atom stereocenters. The van der Waals surface area contributed by atoms with Gasteiger partial charge in [0.15, 0.2) is 0 Å². The third kappa shape index (κ3) is 5.05. The monoisotopic (exact) mass is 348 g/mol. The summed E-state index contributed by atoms with van der Waals surface area (Å²) in [6.07, 6.45) is 7.50. The molecule has 2 fully saturated rings. The van der Waals surface area contributed by atoms with Crippen molar-refractivity contribution in [3.63, 3.8) is 0 Å². The van der Waals surface area contributed by atoms with E-state index < -0.39 is 0 Å². The van der Waals surface area contributed by atoms with Crippen LogP contribution < -0.4 is 5.32 Å². The standard InChI is InChI=1S/C19H32N4O2/c1-15(2)8-13-25-17-5-10-22(11-6-17)19(24)18-7-12-23(21-18)16-4-3-9-20-14-16/h7,12,15-17,20H,3-6,8-11,13-14H2,1-2H3. The molecule has 1 aromatic rings. The van der Waals surface area contributed by atoms with Gasteiger partial charge in [-0.05, 0) is 50.6 Å². The van der Waals surface area contributed by atoms with Crippen LogP contribution in [0.1, 0.15) is 62.5 Å². The van der Waals surface area contributed by atoms with E-state index in [1.54, 1.807) is 0 Å². The van der Waals surface area contributed by atoms with Crippen molar-refractivity contribution >= 4 is 5.91 Å². The highest BCUT2D eigenvalue weighted by atomic mass is 16.5. The zero-order chi connectivity index (χ0) is 17.6. The Bertz CT molecular complexity index is 543. The smallest absolute Gasteiger partial charge is 0.274 e. The lowest BCUT2D eigenvalue weighted by molar-refractivity contribution is 0.00467. The summed E-state index contributed by atoms with van der Waals surface area (Å²) in [5.74, 6) is 0.735. The van der Waals surface area contributed by atoms with Gasteiger partial charge in [-0.3, -0.25) is 9.48 Å². The van der Waals surface area contributed by atoms with Crippen molar-refractivity contribution in [2.24, 2.45) is 5.92 Å². The molecule has 1 aromatic heterocycles. The Morgan fingerprint density at radius 3 is 2.84 bits per heavy atom. The summed E-state index contributed by atoms with van der Waals surface area (Å²) in [4.78, 5) is 14.6. The van der Waals surface area contributed by atoms with Gasteiger partial charge in [0.2, 0.25) is 0 Å². The van der Waals surface area contributed by atoms with Crippen LogP contribution in [-0.2, 0) is 4.74 Å². The second-order valence-electron chi connectivity index (χ2n) is 7.73. The molecule has 2 aliphatic rings. The maximum Gasteiger partial charge on any atom is 0.274 e. The molecule has 140 valence electrons. The van der Waals surface area contributed by atoms with E-state index in [2.05, 4.69) is 24.3 Å². The molecule has 2 aliphatic heterocycles. The van der Waals surface area contributed by atoms with E-state index in [0.29, 0.717) is 23.8 Å². The first-order valence-electron chi connectivity index (χ1n) is 9.80. The summed E-state index contributed by atoms with van der Waals surface area (Å²) in [7, 11) is 0. The molecular weight excluding hydrogens is 316 g/mol. The number of carbonyl (C=O) groups excluding carboxylic acids is 1. The van der Waals surface area contributed by atoms with Crippen molar-refractivity contribution in [2.75, 3.05) is 32.8 Å². The Morgan fingerprint density at radius 1 is 1.36 bits per heavy atom. The number of nitrogens with one attached hydrogen (secondary N) is 1. The van der Waals surface area contributed by atoms with Crippen LogP contribution in [0.2, 0.25) is 0 Å². The molecular formula is C19H32N4O2. The van der Waals surface area contributed by atoms with Crippen molar-refractivity contribution in [3.05, 3.63) is 18.0 Å². The van der Waals surface area contributed by atoms with E-state index in [-0.39, 0.29) is 5.91 Å². The Balaban J connectivity index is 1.47. The quantitative estimate of drug-likeness (QED) is 0.858. The first-order valence-corrected chi connectivity index (χ1v) is 9.80. The summed E-state index contributed by atoms with van der Waals surface area (Å²) < 4.78 is 7.91. The summed E-state index contributed by atoms with van der Waals surface area (Å²) in [6, 6.07) is 2.23. The van der Waals surface area contributed by atoms with Crippen molar-refractivity contribution in [1.82, 2.24) is 20.0 Å². The van der Waals surface area contributed by atoms with E-state index in [9.17, 15) is 4.79 Å². The van der Waals surface area contributed by atoms with E-state index in [1.165, 1.54) is 0 Å². The van der Waals surface area contributed by atoms with Crippen LogP contribution in [0, 0.1) is 5.92 Å². The van der Waals surface area contributed by atoms with Gasteiger partial charge in [-0.25, -0.2) is 0 Å². The largest absolute Gasteiger partial charge is 0.378 e. The Morgan fingerprint density at radius 2 is 2.16 bits per heavy atom. The van der Waals surface area contributed by atoms with Crippen molar-refractivity contribution in [3.8, 4) is 0 Å². The third-order valence-electron chi connectivity index (χ3n) is 5.25. The highest BCUT2D eigenvalue weighted by molar-refractivity contribution is 5.92. The lowest BCUT2D eigenvalue weighted by Crippen LogP contribution is -2.41. The normalized spacial score (nSPS) is 22.5. The molecule has 2 saturated heterocycles. The molecule has 0 spiro atoms. The van der Waals surface area contributed by atoms with E-state index >= 15 is 0 Å². The molecule has 0 aromatic carbocycles. The molecule has 0 radical (unpaired) electrons. The first kappa shape index (κ1) is 18.4. The van der Waals surface area contributed by atoms with Crippen molar-refractivity contribution < 1.29 is 9.53 Å². The zero-order valence-corrected chi connectivity index (χ0v) is 15.6. The van der Waals surface area contributed by atoms with Crippen LogP contribution in [0.25, 0.3) is 0 Å². The van der Waals surface area contributed by atoms with Gasteiger partial charge < -0.3 is 15.0 Å². The van der Waals surface area contributed by atoms with Crippen LogP contribution in [0.4, 0.5) is 0 Å². The van der Waals surface area contributed by atoms with Gasteiger partial charge in [0.05, 0.1) is 12.1 Å². The molecule has 0 bridgehead atoms. The fourth-order valence-electron chi connectivity index (χ4n) is 3.57. The van der Waals surface area contributed by atoms with Crippen LogP contribution in [0.5, 0.6) is 0 Å². The van der Waals surface area contributed by atoms with Gasteiger partial charge in [0.25, 0.3) is 5.91 Å². The maximum atomic E-state index is 12.7. The van der Waals surface area contributed by atoms with Crippen LogP contribution in [0.15, 0.2) is 12.3 Å². The average molecular weight is 348 g/mol. The molecule has 1 amide bonds. The van der Waals surface area contributed by atoms with Gasteiger partial charge in [-0.1, -0.05) is 13.8 Å². The summed E-state index contributed by atoms with van der Waals surface area (Å²) in [6.45, 7) is 8.81. The van der Waals surface area contributed by atoms with E-state index in [4.69, 9.17) is 4.74 Å². The van der Waals surface area contributed by atoms with Crippen LogP contribution in [0.3, 0.4) is 0 Å². The van der Waals surface area contributed by atoms with Gasteiger partial charge in [-0.2, -0.15) is 5.10 Å². The predicted octanol–water partition coefficient (Wildman–Crippen LogP) is 2.47. The number of rotatable bonds is 6. The Hall–Kier alpha value is -1.40. The fourth-order valence-corrected chi connectivity index (χ4v) is 3.57. The number of aromatic nitrogens is 2. The number of carbonyl (C=O) groups is 1. The molecule has 6 nitrogen and oxygen atoms in total. The average Bonchev–Trinajstić information content (AvgIpc) is 3.12. The van der Waals surface area contributed by atoms with Crippen LogP contribution in [-0.4, -0.2) is 59.5 Å². The summed E-state index contributed by atoms with van der Waals surface area (Å²) in [5, 5.41) is 7.94. The minimum absolute atomic E-state index is 0.0585. The minimum atomic E-state index is 0.0585. The fraction of sp³-hybridized carbons (Fsp3) is 0.789. The molecule has 6 heteroatoms. The van der Waals surface area contributed by atoms with Gasteiger partial charge >= 0.3 is 0 Å². The van der Waals surface area contributed by atoms with Gasteiger partial charge in [0, 0.05) is 32.4 Å². The second kappa shape index (κ2) is 8.81. The molecule has 1 N–H and O–H groups in total. The predicted molar refractivity (Wildman–Crippen MR) is 97.7 cm³/mol. The molecule has 3 rings (SSSR count). The topological polar surface area (TPSA) is 59.4 Å². The highest BCUT2D eigenvalue weighted by Gasteiger charge is 2.26. The number of hydrogen-bond acceptors (Lipinski definition) is 4. The minimum Gasteiger partial charge on any atom is -0.378 e.